The van der Waals surface area contributed by atoms with Crippen LogP contribution in [0.25, 0.3) is 0 Å². The van der Waals surface area contributed by atoms with Crippen LogP contribution in [0, 0.1) is 5.92 Å². The van der Waals surface area contributed by atoms with Crippen LogP contribution in [-0.2, 0) is 0 Å². The number of anilines is 1. The van der Waals surface area contributed by atoms with Crippen LogP contribution in [0.5, 0.6) is 0 Å². The summed E-state index contributed by atoms with van der Waals surface area (Å²) in [5.74, 6) is 0.837. The molecule has 0 bridgehead atoms. The molecule has 3 rings (SSSR count). The van der Waals surface area contributed by atoms with Crippen LogP contribution in [0.1, 0.15) is 43.5 Å². The number of quaternary nitrogens is 1. The summed E-state index contributed by atoms with van der Waals surface area (Å²) < 4.78 is 0. The van der Waals surface area contributed by atoms with E-state index in [9.17, 15) is 4.79 Å². The lowest BCUT2D eigenvalue weighted by molar-refractivity contribution is -0.895. The number of nitrogens with one attached hydrogen (secondary N) is 1. The van der Waals surface area contributed by atoms with Gasteiger partial charge in [0, 0.05) is 11.3 Å². The van der Waals surface area contributed by atoms with Gasteiger partial charge in [-0.15, -0.1) is 0 Å². The van der Waals surface area contributed by atoms with E-state index in [1.165, 1.54) is 50.2 Å². The van der Waals surface area contributed by atoms with E-state index >= 15 is 0 Å². The first-order valence-corrected chi connectivity index (χ1v) is 9.55. The second-order valence-corrected chi connectivity index (χ2v) is 7.70. The smallest absolute Gasteiger partial charge is 0.159 e. The topological polar surface area (TPSA) is 24.8 Å². The highest BCUT2D eigenvalue weighted by Gasteiger charge is 2.23. The Hall–Kier alpha value is -1.87. The molecule has 134 valence electrons. The number of rotatable bonds is 5. The fourth-order valence-electron chi connectivity index (χ4n) is 3.98. The Morgan fingerprint density at radius 3 is 2.40 bits per heavy atom. The molecule has 1 N–H and O–H groups in total. The van der Waals surface area contributed by atoms with E-state index in [4.69, 9.17) is 0 Å². The number of carbonyl (C=O) groups is 1. The minimum atomic E-state index is 0.135. The predicted molar refractivity (Wildman–Crippen MR) is 104 cm³/mol. The third-order valence-electron chi connectivity index (χ3n) is 5.79. The van der Waals surface area contributed by atoms with Gasteiger partial charge in [-0.2, -0.15) is 0 Å². The van der Waals surface area contributed by atoms with E-state index < -0.39 is 0 Å². The number of nitrogens with zero attached hydrogens (tertiary/aromatic N) is 1. The number of carbonyl (C=O) groups excluding carboxylic acids is 1. The van der Waals surface area contributed by atoms with Gasteiger partial charge in [-0.1, -0.05) is 18.2 Å². The molecule has 1 atom stereocenters. The van der Waals surface area contributed by atoms with Crippen LogP contribution >= 0.6 is 0 Å². The second-order valence-electron chi connectivity index (χ2n) is 7.70. The minimum Gasteiger partial charge on any atom is -0.360 e. The second kappa shape index (κ2) is 8.01. The van der Waals surface area contributed by atoms with Gasteiger partial charge in [0.15, 0.2) is 5.78 Å². The van der Waals surface area contributed by atoms with E-state index in [1.54, 1.807) is 17.4 Å². The predicted octanol–water partition coefficient (Wildman–Crippen LogP) is 2.90. The Morgan fingerprint density at radius 2 is 1.88 bits per heavy atom. The third kappa shape index (κ3) is 4.60. The normalized spacial score (nSPS) is 21.8. The summed E-state index contributed by atoms with van der Waals surface area (Å²) in [6.07, 6.45) is 6.19. The zero-order chi connectivity index (χ0) is 17.8. The quantitative estimate of drug-likeness (QED) is 0.659. The van der Waals surface area contributed by atoms with Crippen molar-refractivity contribution in [2.75, 3.05) is 37.6 Å². The molecular weight excluding hydrogens is 308 g/mol. The van der Waals surface area contributed by atoms with E-state index in [2.05, 4.69) is 36.6 Å². The zero-order valence-electron chi connectivity index (χ0n) is 15.7. The van der Waals surface area contributed by atoms with Gasteiger partial charge in [0.25, 0.3) is 0 Å². The molecule has 0 spiro atoms. The van der Waals surface area contributed by atoms with Crippen molar-refractivity contribution in [1.29, 1.82) is 0 Å². The van der Waals surface area contributed by atoms with Gasteiger partial charge in [0.1, 0.15) is 0 Å². The number of Topliss-reactive ketones (excluding diaryl/α,β-unsaturated/α-hetero) is 1. The maximum absolute atomic E-state index is 11.4. The molecule has 25 heavy (non-hydrogen) atoms. The first-order valence-electron chi connectivity index (χ1n) is 9.55. The third-order valence-corrected chi connectivity index (χ3v) is 5.79. The SMILES string of the molecule is C=C(C)[C@@H]1CC=C(C[NH+]2CCN(c3ccc(C(C)=O)cc3)CC2)CC1. The van der Waals surface area contributed by atoms with Crippen molar-refractivity contribution in [2.24, 2.45) is 5.92 Å². The van der Waals surface area contributed by atoms with Crippen LogP contribution in [-0.4, -0.2) is 38.5 Å². The molecule has 0 unspecified atom stereocenters. The van der Waals surface area contributed by atoms with Gasteiger partial charge in [0.05, 0.1) is 32.7 Å². The van der Waals surface area contributed by atoms with Gasteiger partial charge < -0.3 is 9.80 Å². The molecule has 3 nitrogen and oxygen atoms in total. The Balaban J connectivity index is 1.49. The van der Waals surface area contributed by atoms with Crippen molar-refractivity contribution in [1.82, 2.24) is 0 Å². The summed E-state index contributed by atoms with van der Waals surface area (Å²) >= 11 is 0. The van der Waals surface area contributed by atoms with Crippen LogP contribution in [0.3, 0.4) is 0 Å². The van der Waals surface area contributed by atoms with E-state index in [0.29, 0.717) is 5.92 Å². The number of allylic oxidation sites excluding steroid dienone is 2. The Morgan fingerprint density at radius 1 is 1.20 bits per heavy atom. The summed E-state index contributed by atoms with van der Waals surface area (Å²) in [4.78, 5) is 15.5. The lowest BCUT2D eigenvalue weighted by Crippen LogP contribution is -3.15. The molecule has 3 heteroatoms. The largest absolute Gasteiger partial charge is 0.360 e. The van der Waals surface area contributed by atoms with E-state index in [1.807, 2.05) is 12.1 Å². The van der Waals surface area contributed by atoms with Gasteiger partial charge in [-0.3, -0.25) is 4.79 Å². The first kappa shape index (κ1) is 17.9. The van der Waals surface area contributed by atoms with Gasteiger partial charge >= 0.3 is 0 Å². The lowest BCUT2D eigenvalue weighted by atomic mass is 9.85. The molecular formula is C22H31N2O+. The highest BCUT2D eigenvalue weighted by Crippen LogP contribution is 2.27. The number of benzene rings is 1. The molecule has 1 fully saturated rings. The van der Waals surface area contributed by atoms with Crippen LogP contribution < -0.4 is 9.80 Å². The fraction of sp³-hybridized carbons (Fsp3) is 0.500. The summed E-state index contributed by atoms with van der Waals surface area (Å²) in [5.41, 5.74) is 5.02. The minimum absolute atomic E-state index is 0.135. The van der Waals surface area contributed by atoms with Gasteiger partial charge in [-0.25, -0.2) is 0 Å². The molecule has 0 saturated carbocycles. The highest BCUT2D eigenvalue weighted by atomic mass is 16.1. The van der Waals surface area contributed by atoms with Crippen molar-refractivity contribution in [3.05, 3.63) is 53.6 Å². The fourth-order valence-corrected chi connectivity index (χ4v) is 3.98. The van der Waals surface area contributed by atoms with Crippen molar-refractivity contribution in [2.45, 2.75) is 33.1 Å². The Kier molecular flexibility index (Phi) is 5.74. The Labute approximate surface area is 152 Å². The summed E-state index contributed by atoms with van der Waals surface area (Å²) in [5, 5.41) is 0. The molecule has 0 radical (unpaired) electrons. The van der Waals surface area contributed by atoms with Crippen LogP contribution in [0.2, 0.25) is 0 Å². The molecule has 1 heterocycles. The molecule has 1 aliphatic carbocycles. The molecule has 1 aliphatic heterocycles. The van der Waals surface area contributed by atoms with Gasteiger partial charge in [0.2, 0.25) is 0 Å². The molecule has 0 aromatic heterocycles. The van der Waals surface area contributed by atoms with Crippen molar-refractivity contribution < 1.29 is 9.69 Å². The number of hydrogen-bond donors (Lipinski definition) is 1. The van der Waals surface area contributed by atoms with Crippen molar-refractivity contribution >= 4 is 11.5 Å². The standard InChI is InChI=1S/C22H30N2O/c1-17(2)20-6-4-19(5-7-20)16-23-12-14-24(15-13-23)22-10-8-21(9-11-22)18(3)25/h4,8-11,20H,1,5-7,12-16H2,2-3H3/p+1/t20-/m1/s1. The number of hydrogen-bond acceptors (Lipinski definition) is 2. The zero-order valence-corrected chi connectivity index (χ0v) is 15.7. The summed E-state index contributed by atoms with van der Waals surface area (Å²) in [6.45, 7) is 13.7. The molecule has 2 aliphatic rings. The molecule has 0 amide bonds. The molecule has 1 aromatic carbocycles. The van der Waals surface area contributed by atoms with Crippen molar-refractivity contribution in [3.63, 3.8) is 0 Å². The Bertz CT molecular complexity index is 651. The summed E-state index contributed by atoms with van der Waals surface area (Å²) in [6, 6.07) is 8.07. The lowest BCUT2D eigenvalue weighted by Gasteiger charge is -2.34. The van der Waals surface area contributed by atoms with Crippen molar-refractivity contribution in [3.8, 4) is 0 Å². The average Bonchev–Trinajstić information content (AvgIpc) is 2.63. The average molecular weight is 340 g/mol. The summed E-state index contributed by atoms with van der Waals surface area (Å²) in [7, 11) is 0. The first-order chi connectivity index (χ1) is 12.0. The molecule has 1 saturated heterocycles. The van der Waals surface area contributed by atoms with E-state index in [-0.39, 0.29) is 5.78 Å². The maximum Gasteiger partial charge on any atom is 0.159 e. The van der Waals surface area contributed by atoms with E-state index in [0.717, 1.165) is 18.7 Å². The van der Waals surface area contributed by atoms with Crippen LogP contribution in [0.15, 0.2) is 48.1 Å². The maximum atomic E-state index is 11.4. The monoisotopic (exact) mass is 339 g/mol. The number of ketones is 1. The highest BCUT2D eigenvalue weighted by molar-refractivity contribution is 5.94. The van der Waals surface area contributed by atoms with Gasteiger partial charge in [-0.05, 0) is 68.9 Å². The number of piperazine rings is 1. The molecule has 1 aromatic rings. The van der Waals surface area contributed by atoms with Crippen LogP contribution in [0.4, 0.5) is 5.69 Å².